The fourth-order valence-corrected chi connectivity index (χ4v) is 4.74. The summed E-state index contributed by atoms with van der Waals surface area (Å²) in [5.41, 5.74) is -0.00796. The van der Waals surface area contributed by atoms with E-state index >= 15 is 0 Å². The molecule has 4 aromatic carbocycles. The van der Waals surface area contributed by atoms with Gasteiger partial charge in [-0.15, -0.1) is 5.11 Å². The Labute approximate surface area is 256 Å². The van der Waals surface area contributed by atoms with Gasteiger partial charge in [-0.3, -0.25) is 9.35 Å². The molecule has 0 aliphatic heterocycles. The Bertz CT molecular complexity index is 1710. The van der Waals surface area contributed by atoms with Crippen LogP contribution >= 0.6 is 23.2 Å². The van der Waals surface area contributed by atoms with E-state index in [2.05, 4.69) is 15.5 Å². The molecule has 0 radical (unpaired) electrons. The Morgan fingerprint density at radius 3 is 2.44 bits per heavy atom. The number of azo groups is 1. The van der Waals surface area contributed by atoms with E-state index in [0.29, 0.717) is 39.4 Å². The number of amides is 1. The number of hydrogen-bond donors (Lipinski definition) is 2. The Hall–Kier alpha value is -2.70. The van der Waals surface area contributed by atoms with Crippen molar-refractivity contribution in [3.8, 4) is 11.5 Å². The van der Waals surface area contributed by atoms with Crippen LogP contribution in [0.5, 0.6) is 11.5 Å². The Morgan fingerprint density at radius 2 is 1.74 bits per heavy atom. The number of halogens is 2. The van der Waals surface area contributed by atoms with Crippen LogP contribution in [-0.2, 0) is 10.1 Å². The Balaban J connectivity index is 0.00000420. The standard InChI is InChI=1S/C26H21Cl2N3O6S.Na/c1-3-37-20-13-16(27)9-10-19(20)29-26(33)18-12-15-6-4-5-7-17(15)23(25(18)32)30-31-24-21(38(34,35)36)11-8-14(2)22(24)28;/h4-13,32H,3H2,1-2H3,(H,29,33)(H,34,35,36);/q;+1/p-1. The molecule has 9 nitrogen and oxygen atoms in total. The number of aryl methyl sites for hydroxylation is 1. The number of nitrogens with zero attached hydrogens (tertiary/aromatic N) is 2. The molecule has 0 fully saturated rings. The van der Waals surface area contributed by atoms with Gasteiger partial charge in [0.25, 0.3) is 16.0 Å². The van der Waals surface area contributed by atoms with E-state index in [-0.39, 0.29) is 51.5 Å². The second-order valence-corrected chi connectivity index (χ2v) is 10.3. The second kappa shape index (κ2) is 12.6. The molecule has 1 amide bonds. The summed E-state index contributed by atoms with van der Waals surface area (Å²) in [5, 5.41) is 25.3. The third-order valence-corrected chi connectivity index (χ3v) is 7.11. The maximum atomic E-state index is 13.5. The first-order valence-corrected chi connectivity index (χ1v) is 13.4. The monoisotopic (exact) mass is 595 g/mol. The van der Waals surface area contributed by atoms with Gasteiger partial charge in [-0.05, 0) is 49.1 Å². The molecule has 39 heavy (non-hydrogen) atoms. The smallest absolute Gasteiger partial charge is 0.870 e. The first-order valence-electron chi connectivity index (χ1n) is 11.2. The SMILES string of the molecule is CCOc1cc(Cl)ccc1NC(=O)c1cc2ccccc2c(N=Nc2c(S(=O)(=O)O)ccc(C)c2Cl)c1[O-].[Na+]. The molecular weight excluding hydrogens is 576 g/mol. The van der Waals surface area contributed by atoms with E-state index < -0.39 is 26.7 Å². The van der Waals surface area contributed by atoms with Gasteiger partial charge in [0, 0.05) is 22.0 Å². The van der Waals surface area contributed by atoms with E-state index in [1.807, 2.05) is 0 Å². The number of hydrogen-bond acceptors (Lipinski definition) is 7. The Kier molecular flexibility index (Phi) is 10.0. The average Bonchev–Trinajstić information content (AvgIpc) is 2.86. The van der Waals surface area contributed by atoms with Crippen molar-refractivity contribution >= 4 is 67.1 Å². The number of carbonyl (C=O) groups is 1. The van der Waals surface area contributed by atoms with Crippen LogP contribution in [0.4, 0.5) is 17.1 Å². The van der Waals surface area contributed by atoms with Crippen LogP contribution in [0.2, 0.25) is 10.0 Å². The van der Waals surface area contributed by atoms with Gasteiger partial charge in [0.1, 0.15) is 16.3 Å². The normalized spacial score (nSPS) is 11.4. The maximum absolute atomic E-state index is 13.5. The van der Waals surface area contributed by atoms with E-state index in [0.717, 1.165) is 6.07 Å². The zero-order valence-corrected chi connectivity index (χ0v) is 25.4. The van der Waals surface area contributed by atoms with Crippen molar-refractivity contribution in [1.82, 2.24) is 0 Å². The van der Waals surface area contributed by atoms with E-state index in [1.165, 1.54) is 18.2 Å². The summed E-state index contributed by atoms with van der Waals surface area (Å²) in [6.45, 7) is 3.71. The molecule has 0 saturated carbocycles. The van der Waals surface area contributed by atoms with Gasteiger partial charge < -0.3 is 15.2 Å². The molecule has 0 aromatic heterocycles. The summed E-state index contributed by atoms with van der Waals surface area (Å²) in [7, 11) is -4.70. The van der Waals surface area contributed by atoms with Crippen molar-refractivity contribution in [2.24, 2.45) is 10.2 Å². The minimum Gasteiger partial charge on any atom is -0.870 e. The fraction of sp³-hybridized carbons (Fsp3) is 0.115. The number of nitrogens with one attached hydrogen (secondary N) is 1. The average molecular weight is 596 g/mol. The van der Waals surface area contributed by atoms with Gasteiger partial charge in [-0.2, -0.15) is 13.5 Å². The molecular formula is C26H20Cl2N3NaO6S. The number of carbonyl (C=O) groups excluding carboxylic acids is 1. The summed E-state index contributed by atoms with van der Waals surface area (Å²) in [6.07, 6.45) is 0. The minimum atomic E-state index is -4.70. The minimum absolute atomic E-state index is 0. The molecule has 0 unspecified atom stereocenters. The van der Waals surface area contributed by atoms with E-state index in [9.17, 15) is 22.9 Å². The number of ether oxygens (including phenoxy) is 1. The van der Waals surface area contributed by atoms with E-state index in [4.69, 9.17) is 27.9 Å². The van der Waals surface area contributed by atoms with Crippen molar-refractivity contribution in [3.63, 3.8) is 0 Å². The van der Waals surface area contributed by atoms with Crippen molar-refractivity contribution in [2.75, 3.05) is 11.9 Å². The van der Waals surface area contributed by atoms with Crippen LogP contribution in [0.3, 0.4) is 0 Å². The zero-order chi connectivity index (χ0) is 27.6. The third-order valence-electron chi connectivity index (χ3n) is 5.51. The molecule has 2 N–H and O–H groups in total. The fourth-order valence-electron chi connectivity index (χ4n) is 3.69. The topological polar surface area (TPSA) is 140 Å². The van der Waals surface area contributed by atoms with Gasteiger partial charge in [0.2, 0.25) is 0 Å². The van der Waals surface area contributed by atoms with Crippen LogP contribution in [0, 0.1) is 6.92 Å². The Morgan fingerprint density at radius 1 is 1.05 bits per heavy atom. The molecule has 4 aromatic rings. The first-order chi connectivity index (χ1) is 18.0. The van der Waals surface area contributed by atoms with Crippen LogP contribution < -0.4 is 44.7 Å². The van der Waals surface area contributed by atoms with Crippen LogP contribution in [0.1, 0.15) is 22.8 Å². The van der Waals surface area contributed by atoms with Gasteiger partial charge in [0.15, 0.2) is 0 Å². The summed E-state index contributed by atoms with van der Waals surface area (Å²) < 4.78 is 38.9. The van der Waals surface area contributed by atoms with Gasteiger partial charge >= 0.3 is 29.6 Å². The predicted octanol–water partition coefficient (Wildman–Crippen LogP) is 3.85. The molecule has 0 atom stereocenters. The number of rotatable bonds is 7. The van der Waals surface area contributed by atoms with Crippen molar-refractivity contribution in [2.45, 2.75) is 18.7 Å². The maximum Gasteiger partial charge on any atom is 1.00 e. The summed E-state index contributed by atoms with van der Waals surface area (Å²) in [4.78, 5) is 12.7. The van der Waals surface area contributed by atoms with Gasteiger partial charge in [-0.1, -0.05) is 59.3 Å². The largest absolute Gasteiger partial charge is 1.00 e. The number of anilines is 1. The molecule has 0 saturated heterocycles. The zero-order valence-electron chi connectivity index (χ0n) is 21.0. The predicted molar refractivity (Wildman–Crippen MR) is 144 cm³/mol. The second-order valence-electron chi connectivity index (χ2n) is 8.07. The molecule has 0 spiro atoms. The van der Waals surface area contributed by atoms with Gasteiger partial charge in [-0.25, -0.2) is 0 Å². The van der Waals surface area contributed by atoms with Crippen LogP contribution in [0.25, 0.3) is 10.8 Å². The van der Waals surface area contributed by atoms with Crippen molar-refractivity contribution < 1.29 is 57.2 Å². The van der Waals surface area contributed by atoms with Crippen molar-refractivity contribution in [3.05, 3.63) is 81.8 Å². The third kappa shape index (κ3) is 6.72. The molecule has 0 heterocycles. The summed E-state index contributed by atoms with van der Waals surface area (Å²) in [6, 6.07) is 15.3. The molecule has 0 bridgehead atoms. The molecule has 4 rings (SSSR count). The quantitative estimate of drug-likeness (QED) is 0.189. The number of fused-ring (bicyclic) bond motifs is 1. The summed E-state index contributed by atoms with van der Waals surface area (Å²) >= 11 is 12.3. The number of benzene rings is 4. The van der Waals surface area contributed by atoms with Gasteiger partial charge in [0.05, 0.1) is 23.0 Å². The molecule has 0 aliphatic rings. The van der Waals surface area contributed by atoms with E-state index in [1.54, 1.807) is 50.2 Å². The first kappa shape index (κ1) is 30.8. The molecule has 0 aliphatic carbocycles. The molecule has 196 valence electrons. The summed E-state index contributed by atoms with van der Waals surface area (Å²) in [5.74, 6) is -1.16. The van der Waals surface area contributed by atoms with Crippen LogP contribution in [-0.4, -0.2) is 25.5 Å². The van der Waals surface area contributed by atoms with Crippen molar-refractivity contribution in [1.29, 1.82) is 0 Å². The van der Waals surface area contributed by atoms with Crippen LogP contribution in [0.15, 0.2) is 75.8 Å². The molecule has 13 heteroatoms.